The molecule has 1 N–H and O–H groups in total. The van der Waals surface area contributed by atoms with Crippen molar-refractivity contribution in [3.8, 4) is 11.4 Å². The highest BCUT2D eigenvalue weighted by molar-refractivity contribution is 5.79. The first-order valence-electron chi connectivity index (χ1n) is 8.81. The van der Waals surface area contributed by atoms with Gasteiger partial charge >= 0.3 is 5.69 Å². The number of aryl methyl sites for hydroxylation is 1. The molecule has 1 aliphatic heterocycles. The molecule has 8 nitrogen and oxygen atoms in total. The van der Waals surface area contributed by atoms with E-state index in [1.54, 1.807) is 28.5 Å². The zero-order valence-corrected chi connectivity index (χ0v) is 14.5. The number of piperidine rings is 1. The maximum Gasteiger partial charge on any atom is 0.330 e. The third-order valence-corrected chi connectivity index (χ3v) is 5.17. The molecule has 0 bridgehead atoms. The third kappa shape index (κ3) is 2.19. The SMILES string of the molecule is Cn1c(=O)n(C2CCNCC2)c2nc(-c3cnn4ccccc34)ncc21. The van der Waals surface area contributed by atoms with E-state index < -0.39 is 0 Å². The molecule has 0 spiro atoms. The Morgan fingerprint density at radius 2 is 2.00 bits per heavy atom. The second-order valence-electron chi connectivity index (χ2n) is 6.68. The van der Waals surface area contributed by atoms with Crippen LogP contribution < -0.4 is 11.0 Å². The molecule has 5 heterocycles. The molecule has 1 aliphatic rings. The summed E-state index contributed by atoms with van der Waals surface area (Å²) >= 11 is 0. The second-order valence-corrected chi connectivity index (χ2v) is 6.68. The van der Waals surface area contributed by atoms with Crippen molar-refractivity contribution in [1.82, 2.24) is 34.0 Å². The summed E-state index contributed by atoms with van der Waals surface area (Å²) in [7, 11) is 1.78. The van der Waals surface area contributed by atoms with Crippen LogP contribution in [0.25, 0.3) is 28.1 Å². The number of fused-ring (bicyclic) bond motifs is 2. The standard InChI is InChI=1S/C18H19N7O/c1-23-15-11-20-16(13-10-21-24-9-3-2-4-14(13)24)22-17(15)25(18(23)26)12-5-7-19-8-6-12/h2-4,9-12,19H,5-8H2,1H3. The number of pyridine rings is 1. The van der Waals surface area contributed by atoms with E-state index in [1.165, 1.54) is 0 Å². The van der Waals surface area contributed by atoms with Crippen LogP contribution in [0.5, 0.6) is 0 Å². The number of nitrogens with one attached hydrogen (secondary N) is 1. The summed E-state index contributed by atoms with van der Waals surface area (Å²) in [6, 6.07) is 6.05. The summed E-state index contributed by atoms with van der Waals surface area (Å²) < 4.78 is 5.28. The highest BCUT2D eigenvalue weighted by Gasteiger charge is 2.23. The third-order valence-electron chi connectivity index (χ3n) is 5.17. The fraction of sp³-hybridized carbons (Fsp3) is 0.333. The van der Waals surface area contributed by atoms with Gasteiger partial charge in [0.15, 0.2) is 11.5 Å². The Morgan fingerprint density at radius 1 is 1.15 bits per heavy atom. The minimum atomic E-state index is -0.0294. The molecule has 0 unspecified atom stereocenters. The lowest BCUT2D eigenvalue weighted by molar-refractivity contribution is 0.364. The van der Waals surface area contributed by atoms with E-state index in [0.717, 1.165) is 42.5 Å². The molecule has 0 amide bonds. The Kier molecular flexibility index (Phi) is 3.39. The maximum atomic E-state index is 12.8. The topological polar surface area (TPSA) is 82.0 Å². The quantitative estimate of drug-likeness (QED) is 0.591. The van der Waals surface area contributed by atoms with Gasteiger partial charge in [-0.1, -0.05) is 6.07 Å². The largest absolute Gasteiger partial charge is 0.330 e. The average Bonchev–Trinajstić information content (AvgIpc) is 3.22. The van der Waals surface area contributed by atoms with E-state index in [4.69, 9.17) is 4.98 Å². The highest BCUT2D eigenvalue weighted by Crippen LogP contribution is 2.25. The van der Waals surface area contributed by atoms with Gasteiger partial charge in [-0.2, -0.15) is 5.10 Å². The lowest BCUT2D eigenvalue weighted by Crippen LogP contribution is -2.34. The highest BCUT2D eigenvalue weighted by atomic mass is 16.1. The number of hydrogen-bond acceptors (Lipinski definition) is 5. The molecule has 0 aromatic carbocycles. The number of aromatic nitrogens is 6. The first-order chi connectivity index (χ1) is 12.7. The Hall–Kier alpha value is -3.00. The number of rotatable bonds is 2. The van der Waals surface area contributed by atoms with Crippen molar-refractivity contribution in [2.24, 2.45) is 7.05 Å². The first-order valence-corrected chi connectivity index (χ1v) is 8.81. The fourth-order valence-corrected chi connectivity index (χ4v) is 3.77. The van der Waals surface area contributed by atoms with Crippen molar-refractivity contribution >= 4 is 16.7 Å². The zero-order chi connectivity index (χ0) is 17.7. The maximum absolute atomic E-state index is 12.8. The van der Waals surface area contributed by atoms with E-state index in [-0.39, 0.29) is 11.7 Å². The van der Waals surface area contributed by atoms with E-state index in [9.17, 15) is 4.79 Å². The summed E-state index contributed by atoms with van der Waals surface area (Å²) in [5.41, 5.74) is 3.23. The minimum absolute atomic E-state index is 0.0294. The first kappa shape index (κ1) is 15.3. The van der Waals surface area contributed by atoms with Crippen molar-refractivity contribution < 1.29 is 0 Å². The Balaban J connectivity index is 1.73. The minimum Gasteiger partial charge on any atom is -0.317 e. The Bertz CT molecular complexity index is 1160. The van der Waals surface area contributed by atoms with Gasteiger partial charge in [0, 0.05) is 19.3 Å². The van der Waals surface area contributed by atoms with E-state index in [1.807, 2.05) is 29.0 Å². The lowest BCUT2D eigenvalue weighted by Gasteiger charge is -2.23. The monoisotopic (exact) mass is 349 g/mol. The van der Waals surface area contributed by atoms with Crippen LogP contribution in [0, 0.1) is 0 Å². The molecule has 4 aromatic rings. The molecule has 1 fully saturated rings. The van der Waals surface area contributed by atoms with Gasteiger partial charge < -0.3 is 5.32 Å². The molecule has 132 valence electrons. The molecule has 0 atom stereocenters. The van der Waals surface area contributed by atoms with Crippen molar-refractivity contribution in [2.45, 2.75) is 18.9 Å². The molecule has 0 saturated carbocycles. The van der Waals surface area contributed by atoms with Crippen molar-refractivity contribution in [3.63, 3.8) is 0 Å². The Morgan fingerprint density at radius 3 is 2.85 bits per heavy atom. The van der Waals surface area contributed by atoms with Crippen LogP contribution in [0.2, 0.25) is 0 Å². The predicted molar refractivity (Wildman–Crippen MR) is 98.1 cm³/mol. The predicted octanol–water partition coefficient (Wildman–Crippen LogP) is 1.37. The molecular formula is C18H19N7O. The van der Waals surface area contributed by atoms with Gasteiger partial charge in [0.25, 0.3) is 0 Å². The van der Waals surface area contributed by atoms with Crippen LogP contribution in [0.3, 0.4) is 0 Å². The molecule has 0 aliphatic carbocycles. The van der Waals surface area contributed by atoms with Crippen LogP contribution in [-0.4, -0.2) is 41.8 Å². The summed E-state index contributed by atoms with van der Waals surface area (Å²) in [4.78, 5) is 22.1. The fourth-order valence-electron chi connectivity index (χ4n) is 3.77. The van der Waals surface area contributed by atoms with Crippen LogP contribution in [0.4, 0.5) is 0 Å². The smallest absolute Gasteiger partial charge is 0.317 e. The second kappa shape index (κ2) is 5.77. The molecule has 8 heteroatoms. The van der Waals surface area contributed by atoms with Crippen LogP contribution in [-0.2, 0) is 7.05 Å². The summed E-state index contributed by atoms with van der Waals surface area (Å²) in [5.74, 6) is 0.590. The lowest BCUT2D eigenvalue weighted by atomic mass is 10.1. The molecular weight excluding hydrogens is 330 g/mol. The van der Waals surface area contributed by atoms with Gasteiger partial charge in [0.1, 0.15) is 5.52 Å². The van der Waals surface area contributed by atoms with Crippen LogP contribution >= 0.6 is 0 Å². The van der Waals surface area contributed by atoms with Crippen molar-refractivity contribution in [2.75, 3.05) is 13.1 Å². The van der Waals surface area contributed by atoms with E-state index >= 15 is 0 Å². The summed E-state index contributed by atoms with van der Waals surface area (Å²) in [5, 5.41) is 7.71. The van der Waals surface area contributed by atoms with E-state index in [0.29, 0.717) is 11.5 Å². The number of hydrogen-bond donors (Lipinski definition) is 1. The Labute approximate surface area is 149 Å². The molecule has 5 rings (SSSR count). The van der Waals surface area contributed by atoms with Gasteiger partial charge in [-0.05, 0) is 38.1 Å². The molecule has 26 heavy (non-hydrogen) atoms. The van der Waals surface area contributed by atoms with Crippen molar-refractivity contribution in [3.05, 3.63) is 47.3 Å². The van der Waals surface area contributed by atoms with Crippen molar-refractivity contribution in [1.29, 1.82) is 0 Å². The molecule has 0 radical (unpaired) electrons. The summed E-state index contributed by atoms with van der Waals surface area (Å²) in [6.07, 6.45) is 7.25. The molecule has 4 aromatic heterocycles. The van der Waals surface area contributed by atoms with Gasteiger partial charge in [-0.15, -0.1) is 0 Å². The van der Waals surface area contributed by atoms with Gasteiger partial charge in [-0.3, -0.25) is 9.13 Å². The van der Waals surface area contributed by atoms with Crippen LogP contribution in [0.15, 0.2) is 41.6 Å². The van der Waals surface area contributed by atoms with Gasteiger partial charge in [0.2, 0.25) is 0 Å². The normalized spacial score (nSPS) is 15.9. The number of nitrogens with zero attached hydrogens (tertiary/aromatic N) is 6. The van der Waals surface area contributed by atoms with Crippen LogP contribution in [0.1, 0.15) is 18.9 Å². The van der Waals surface area contributed by atoms with Gasteiger partial charge in [-0.25, -0.2) is 19.3 Å². The average molecular weight is 349 g/mol. The number of imidazole rings is 1. The van der Waals surface area contributed by atoms with Gasteiger partial charge in [0.05, 0.1) is 23.5 Å². The zero-order valence-electron chi connectivity index (χ0n) is 14.5. The van der Waals surface area contributed by atoms with E-state index in [2.05, 4.69) is 15.4 Å². The molecule has 1 saturated heterocycles. The summed E-state index contributed by atoms with van der Waals surface area (Å²) in [6.45, 7) is 1.83.